The number of ether oxygens (including phenoxy) is 1. The number of rotatable bonds is 3. The molecule has 2 amide bonds. The zero-order valence-corrected chi connectivity index (χ0v) is 21.4. The maximum Gasteiger partial charge on any atom is 0.251 e. The third kappa shape index (κ3) is 4.03. The first-order valence-corrected chi connectivity index (χ1v) is 12.5. The average Bonchev–Trinajstić information content (AvgIpc) is 3.10. The number of nitrogens with one attached hydrogen (secondary N) is 3. The second kappa shape index (κ2) is 8.34. The Labute approximate surface area is 211 Å². The molecule has 36 heavy (non-hydrogen) atoms. The van der Waals surface area contributed by atoms with Crippen LogP contribution in [0.3, 0.4) is 0 Å². The normalized spacial score (nSPS) is 28.0. The van der Waals surface area contributed by atoms with Crippen molar-refractivity contribution >= 4 is 17.8 Å². The lowest BCUT2D eigenvalue weighted by Gasteiger charge is -2.42. The molecule has 0 bridgehead atoms. The summed E-state index contributed by atoms with van der Waals surface area (Å²) >= 11 is 0. The SMILES string of the molecule is C[C@@H]1Cc2ccc(C(=O)N[C@@H]3c4ccccc4OC(C)(C)[C@H]3O)cc2[C@@H]1N1C(=N)NC(C)(C)CC1=O. The van der Waals surface area contributed by atoms with Crippen molar-refractivity contribution < 1.29 is 19.4 Å². The minimum atomic E-state index is -0.945. The van der Waals surface area contributed by atoms with Crippen LogP contribution in [0.15, 0.2) is 42.5 Å². The minimum Gasteiger partial charge on any atom is -0.485 e. The van der Waals surface area contributed by atoms with Crippen LogP contribution in [0.4, 0.5) is 0 Å². The van der Waals surface area contributed by atoms with Gasteiger partial charge in [0.15, 0.2) is 5.96 Å². The Hall–Kier alpha value is -3.39. The lowest BCUT2D eigenvalue weighted by molar-refractivity contribution is -0.132. The molecule has 2 heterocycles. The molecule has 5 rings (SSSR count). The molecular formula is C28H34N4O4. The predicted octanol–water partition coefficient (Wildman–Crippen LogP) is 3.46. The summed E-state index contributed by atoms with van der Waals surface area (Å²) in [5.74, 6) is 0.438. The first kappa shape index (κ1) is 24.3. The smallest absolute Gasteiger partial charge is 0.251 e. The second-order valence-corrected chi connectivity index (χ2v) is 11.5. The highest BCUT2D eigenvalue weighted by Crippen LogP contribution is 2.43. The zero-order valence-electron chi connectivity index (χ0n) is 21.4. The lowest BCUT2D eigenvalue weighted by Crippen LogP contribution is -2.60. The van der Waals surface area contributed by atoms with Crippen molar-refractivity contribution in [2.45, 2.75) is 76.8 Å². The fourth-order valence-corrected chi connectivity index (χ4v) is 5.79. The number of amides is 2. The van der Waals surface area contributed by atoms with E-state index in [1.807, 2.05) is 50.2 Å². The molecule has 3 aliphatic rings. The van der Waals surface area contributed by atoms with E-state index in [2.05, 4.69) is 17.6 Å². The van der Waals surface area contributed by atoms with E-state index in [4.69, 9.17) is 10.1 Å². The van der Waals surface area contributed by atoms with Gasteiger partial charge in [-0.3, -0.25) is 19.9 Å². The van der Waals surface area contributed by atoms with Crippen LogP contribution in [0, 0.1) is 11.3 Å². The van der Waals surface area contributed by atoms with Gasteiger partial charge in [-0.2, -0.15) is 0 Å². The van der Waals surface area contributed by atoms with Gasteiger partial charge in [0, 0.05) is 23.1 Å². The van der Waals surface area contributed by atoms with Gasteiger partial charge in [-0.25, -0.2) is 0 Å². The number of hydrogen-bond acceptors (Lipinski definition) is 5. The monoisotopic (exact) mass is 490 g/mol. The highest BCUT2D eigenvalue weighted by molar-refractivity contribution is 6.00. The number of carbonyl (C=O) groups is 2. The first-order valence-electron chi connectivity index (χ1n) is 12.5. The first-order chi connectivity index (χ1) is 16.9. The van der Waals surface area contributed by atoms with Gasteiger partial charge < -0.3 is 20.5 Å². The summed E-state index contributed by atoms with van der Waals surface area (Å²) in [6.07, 6.45) is 0.118. The molecule has 1 aliphatic carbocycles. The van der Waals surface area contributed by atoms with Gasteiger partial charge in [0.25, 0.3) is 5.91 Å². The topological polar surface area (TPSA) is 115 Å². The number of para-hydroxylation sites is 1. The Morgan fingerprint density at radius 2 is 1.89 bits per heavy atom. The van der Waals surface area contributed by atoms with E-state index in [1.165, 1.54) is 0 Å². The summed E-state index contributed by atoms with van der Waals surface area (Å²) in [6.45, 7) is 9.50. The second-order valence-electron chi connectivity index (χ2n) is 11.5. The molecule has 8 nitrogen and oxygen atoms in total. The van der Waals surface area contributed by atoms with E-state index in [0.29, 0.717) is 17.7 Å². The summed E-state index contributed by atoms with van der Waals surface area (Å²) < 4.78 is 5.97. The van der Waals surface area contributed by atoms with Crippen molar-refractivity contribution in [2.75, 3.05) is 0 Å². The Bertz CT molecular complexity index is 1230. The van der Waals surface area contributed by atoms with Crippen molar-refractivity contribution in [3.05, 3.63) is 64.7 Å². The van der Waals surface area contributed by atoms with Crippen LogP contribution >= 0.6 is 0 Å². The predicted molar refractivity (Wildman–Crippen MR) is 136 cm³/mol. The van der Waals surface area contributed by atoms with Crippen LogP contribution in [0.2, 0.25) is 0 Å². The average molecular weight is 491 g/mol. The Kier molecular flexibility index (Phi) is 5.63. The van der Waals surface area contributed by atoms with E-state index < -0.39 is 23.3 Å². The van der Waals surface area contributed by atoms with Crippen LogP contribution in [-0.2, 0) is 11.2 Å². The molecule has 2 aromatic carbocycles. The van der Waals surface area contributed by atoms with Crippen LogP contribution in [0.5, 0.6) is 5.75 Å². The fourth-order valence-electron chi connectivity index (χ4n) is 5.79. The third-order valence-corrected chi connectivity index (χ3v) is 7.59. The molecule has 0 radical (unpaired) electrons. The summed E-state index contributed by atoms with van der Waals surface area (Å²) in [4.78, 5) is 28.1. The largest absolute Gasteiger partial charge is 0.485 e. The van der Waals surface area contributed by atoms with Crippen LogP contribution in [-0.4, -0.2) is 45.0 Å². The number of nitrogens with zero attached hydrogens (tertiary/aromatic N) is 1. The number of benzene rings is 2. The summed E-state index contributed by atoms with van der Waals surface area (Å²) in [5, 5.41) is 25.7. The van der Waals surface area contributed by atoms with Crippen molar-refractivity contribution in [3.63, 3.8) is 0 Å². The standard InChI is InChI=1S/C28H34N4O4/c1-15-12-16-10-11-17(13-19(16)23(15)32-21(33)14-27(2,3)31-26(32)29)25(35)30-22-18-8-6-7-9-20(18)36-28(4,5)24(22)34/h6-11,13,15,22-24,34H,12,14H2,1-5H3,(H2,29,31)(H,30,35)/t15-,22-,23-,24+/m1/s1. The van der Waals surface area contributed by atoms with Gasteiger partial charge >= 0.3 is 0 Å². The van der Waals surface area contributed by atoms with Crippen LogP contribution in [0.25, 0.3) is 0 Å². The maximum absolute atomic E-state index is 13.5. The molecule has 4 N–H and O–H groups in total. The van der Waals surface area contributed by atoms with Gasteiger partial charge in [0.05, 0.1) is 12.1 Å². The van der Waals surface area contributed by atoms with Crippen molar-refractivity contribution in [3.8, 4) is 5.75 Å². The molecule has 0 unspecified atom stereocenters. The molecule has 2 aromatic rings. The molecule has 0 spiro atoms. The Balaban J connectivity index is 1.44. The Morgan fingerprint density at radius 1 is 1.17 bits per heavy atom. The number of aliphatic hydroxyl groups excluding tert-OH is 1. The zero-order chi connectivity index (χ0) is 26.0. The quantitative estimate of drug-likeness (QED) is 0.526. The van der Waals surface area contributed by atoms with Gasteiger partial charge in [-0.05, 0) is 69.4 Å². The highest BCUT2D eigenvalue weighted by atomic mass is 16.5. The molecule has 190 valence electrons. The van der Waals surface area contributed by atoms with E-state index in [0.717, 1.165) is 23.1 Å². The Morgan fingerprint density at radius 3 is 2.61 bits per heavy atom. The fraction of sp³-hybridized carbons (Fsp3) is 0.464. The minimum absolute atomic E-state index is 0.0903. The molecule has 1 fully saturated rings. The van der Waals surface area contributed by atoms with Crippen molar-refractivity contribution in [1.29, 1.82) is 5.41 Å². The highest BCUT2D eigenvalue weighted by Gasteiger charge is 2.45. The van der Waals surface area contributed by atoms with E-state index in [-0.39, 0.29) is 29.7 Å². The van der Waals surface area contributed by atoms with Crippen molar-refractivity contribution in [1.82, 2.24) is 15.5 Å². The lowest BCUT2D eigenvalue weighted by atomic mass is 9.86. The number of guanidine groups is 1. The van der Waals surface area contributed by atoms with Gasteiger partial charge in [-0.15, -0.1) is 0 Å². The van der Waals surface area contributed by atoms with Crippen LogP contribution in [0.1, 0.15) is 80.2 Å². The van der Waals surface area contributed by atoms with E-state index >= 15 is 0 Å². The molecule has 8 heteroatoms. The summed E-state index contributed by atoms with van der Waals surface area (Å²) in [7, 11) is 0. The number of fused-ring (bicyclic) bond motifs is 2. The van der Waals surface area contributed by atoms with Crippen molar-refractivity contribution in [2.24, 2.45) is 5.92 Å². The molecular weight excluding hydrogens is 456 g/mol. The summed E-state index contributed by atoms with van der Waals surface area (Å²) in [6, 6.07) is 12.0. The molecule has 0 aromatic heterocycles. The number of hydrogen-bond donors (Lipinski definition) is 4. The number of aliphatic hydroxyl groups is 1. The molecule has 4 atom stereocenters. The molecule has 2 aliphatic heterocycles. The molecule has 0 saturated carbocycles. The van der Waals surface area contributed by atoms with E-state index in [1.54, 1.807) is 24.8 Å². The number of carbonyl (C=O) groups excluding carboxylic acids is 2. The van der Waals surface area contributed by atoms with Gasteiger partial charge in [0.1, 0.15) is 17.5 Å². The summed E-state index contributed by atoms with van der Waals surface area (Å²) in [5.41, 5.74) is 1.80. The van der Waals surface area contributed by atoms with Gasteiger partial charge in [0.2, 0.25) is 5.91 Å². The van der Waals surface area contributed by atoms with E-state index in [9.17, 15) is 14.7 Å². The molecule has 1 saturated heterocycles. The van der Waals surface area contributed by atoms with Gasteiger partial charge in [-0.1, -0.05) is 31.2 Å². The maximum atomic E-state index is 13.5. The van der Waals surface area contributed by atoms with Crippen LogP contribution < -0.4 is 15.4 Å². The third-order valence-electron chi connectivity index (χ3n) is 7.59.